The normalized spacial score (nSPS) is 16.1. The third-order valence-corrected chi connectivity index (χ3v) is 4.91. The van der Waals surface area contributed by atoms with Crippen molar-refractivity contribution in [3.05, 3.63) is 48.2 Å². The molecule has 0 bridgehead atoms. The fourth-order valence-electron chi connectivity index (χ4n) is 3.27. The van der Waals surface area contributed by atoms with E-state index in [-0.39, 0.29) is 0 Å². The van der Waals surface area contributed by atoms with Crippen molar-refractivity contribution in [2.75, 3.05) is 44.4 Å². The number of hydrazine groups is 1. The van der Waals surface area contributed by atoms with Crippen LogP contribution in [0.15, 0.2) is 42.6 Å². The second kappa shape index (κ2) is 6.90. The lowest BCUT2D eigenvalue weighted by Gasteiger charge is -2.32. The molecule has 1 aliphatic heterocycles. The maximum absolute atomic E-state index is 5.95. The molecular weight excluding hydrogens is 324 g/mol. The van der Waals surface area contributed by atoms with Crippen molar-refractivity contribution in [3.8, 4) is 11.1 Å². The monoisotopic (exact) mass is 348 g/mol. The predicted octanol–water partition coefficient (Wildman–Crippen LogP) is 2.76. The Morgan fingerprint density at radius 2 is 1.85 bits per heavy atom. The summed E-state index contributed by atoms with van der Waals surface area (Å²) in [5.41, 5.74) is 14.5. The second-order valence-corrected chi connectivity index (χ2v) is 6.94. The zero-order valence-electron chi connectivity index (χ0n) is 15.2. The Hall–Kier alpha value is -2.70. The van der Waals surface area contributed by atoms with Crippen molar-refractivity contribution in [1.29, 1.82) is 0 Å². The first-order chi connectivity index (χ1) is 12.6. The summed E-state index contributed by atoms with van der Waals surface area (Å²) in [6.45, 7) is 6.11. The first-order valence-electron chi connectivity index (χ1n) is 8.92. The smallest absolute Gasteiger partial charge is 0.238 e. The van der Waals surface area contributed by atoms with Crippen LogP contribution in [-0.2, 0) is 0 Å². The van der Waals surface area contributed by atoms with Crippen LogP contribution in [0.2, 0.25) is 0 Å². The van der Waals surface area contributed by atoms with Gasteiger partial charge in [-0.25, -0.2) is 15.0 Å². The molecule has 0 unspecified atom stereocenters. The van der Waals surface area contributed by atoms with Gasteiger partial charge in [-0.05, 0) is 54.9 Å². The quantitative estimate of drug-likeness (QED) is 0.709. The standard InChI is InChI=1S/C20H24N6/c1-14-3-5-17(21)12-18(14)15-4-6-19-16(11-15)13-22-20(23-19)24-26-9-7-25(2)8-10-26/h3-6,11-13H,7-10,21H2,1-2H3,(H,22,23,24). The molecule has 0 atom stereocenters. The summed E-state index contributed by atoms with van der Waals surface area (Å²) in [5.74, 6) is 0.648. The zero-order valence-corrected chi connectivity index (χ0v) is 15.2. The van der Waals surface area contributed by atoms with E-state index in [4.69, 9.17) is 5.73 Å². The number of hydrogen-bond acceptors (Lipinski definition) is 6. The average Bonchev–Trinajstić information content (AvgIpc) is 2.65. The predicted molar refractivity (Wildman–Crippen MR) is 107 cm³/mol. The Morgan fingerprint density at radius 1 is 1.04 bits per heavy atom. The molecule has 134 valence electrons. The van der Waals surface area contributed by atoms with Crippen LogP contribution in [0.5, 0.6) is 0 Å². The van der Waals surface area contributed by atoms with E-state index in [0.29, 0.717) is 5.95 Å². The average molecular weight is 348 g/mol. The SMILES string of the molecule is Cc1ccc(N)cc1-c1ccc2nc(NN3CCN(C)CC3)ncc2c1. The summed E-state index contributed by atoms with van der Waals surface area (Å²) >= 11 is 0. The Balaban J connectivity index is 1.59. The Morgan fingerprint density at radius 3 is 2.65 bits per heavy atom. The highest BCUT2D eigenvalue weighted by molar-refractivity contribution is 5.85. The molecule has 0 saturated carbocycles. The minimum absolute atomic E-state index is 0.648. The number of fused-ring (bicyclic) bond motifs is 1. The van der Waals surface area contributed by atoms with Crippen LogP contribution in [0.1, 0.15) is 5.56 Å². The van der Waals surface area contributed by atoms with Crippen molar-refractivity contribution >= 4 is 22.5 Å². The zero-order chi connectivity index (χ0) is 18.1. The molecule has 3 aromatic rings. The number of rotatable bonds is 3. The minimum atomic E-state index is 0.648. The van der Waals surface area contributed by atoms with Gasteiger partial charge in [-0.2, -0.15) is 0 Å². The maximum Gasteiger partial charge on any atom is 0.238 e. The molecule has 6 heteroatoms. The number of aromatic nitrogens is 2. The van der Waals surface area contributed by atoms with E-state index in [0.717, 1.165) is 53.9 Å². The van der Waals surface area contributed by atoms with Gasteiger partial charge in [0, 0.05) is 43.4 Å². The molecule has 3 N–H and O–H groups in total. The number of piperazine rings is 1. The molecule has 0 radical (unpaired) electrons. The van der Waals surface area contributed by atoms with Crippen molar-refractivity contribution in [2.24, 2.45) is 0 Å². The highest BCUT2D eigenvalue weighted by Crippen LogP contribution is 2.28. The maximum atomic E-state index is 5.95. The van der Waals surface area contributed by atoms with Crippen molar-refractivity contribution in [2.45, 2.75) is 6.92 Å². The molecular formula is C20H24N6. The van der Waals surface area contributed by atoms with Gasteiger partial charge in [0.15, 0.2) is 0 Å². The molecule has 6 nitrogen and oxygen atoms in total. The lowest BCUT2D eigenvalue weighted by molar-refractivity contribution is 0.178. The van der Waals surface area contributed by atoms with E-state index >= 15 is 0 Å². The number of nitrogens with two attached hydrogens (primary N) is 1. The number of hydrogen-bond donors (Lipinski definition) is 2. The van der Waals surface area contributed by atoms with Crippen LogP contribution in [0.25, 0.3) is 22.0 Å². The van der Waals surface area contributed by atoms with Crippen LogP contribution >= 0.6 is 0 Å². The van der Waals surface area contributed by atoms with E-state index in [1.165, 1.54) is 5.56 Å². The summed E-state index contributed by atoms with van der Waals surface area (Å²) in [6.07, 6.45) is 1.88. The van der Waals surface area contributed by atoms with E-state index in [2.05, 4.69) is 57.5 Å². The topological polar surface area (TPSA) is 70.3 Å². The van der Waals surface area contributed by atoms with Gasteiger partial charge in [0.25, 0.3) is 0 Å². The first kappa shape index (κ1) is 16.8. The van der Waals surface area contributed by atoms with Crippen LogP contribution < -0.4 is 11.2 Å². The van der Waals surface area contributed by atoms with Crippen molar-refractivity contribution in [3.63, 3.8) is 0 Å². The highest BCUT2D eigenvalue weighted by Gasteiger charge is 2.14. The van der Waals surface area contributed by atoms with Gasteiger partial charge < -0.3 is 10.6 Å². The van der Waals surface area contributed by atoms with Crippen molar-refractivity contribution < 1.29 is 0 Å². The summed E-state index contributed by atoms with van der Waals surface area (Å²) < 4.78 is 0. The van der Waals surface area contributed by atoms with E-state index in [1.807, 2.05) is 24.4 Å². The highest BCUT2D eigenvalue weighted by atomic mass is 15.5. The van der Waals surface area contributed by atoms with Crippen molar-refractivity contribution in [1.82, 2.24) is 19.9 Å². The number of likely N-dealkylation sites (N-methyl/N-ethyl adjacent to an activating group) is 1. The number of anilines is 2. The molecule has 1 fully saturated rings. The Bertz CT molecular complexity index is 931. The fraction of sp³-hybridized carbons (Fsp3) is 0.300. The Kier molecular flexibility index (Phi) is 4.44. The molecule has 26 heavy (non-hydrogen) atoms. The lowest BCUT2D eigenvalue weighted by Crippen LogP contribution is -2.47. The van der Waals surface area contributed by atoms with Crippen LogP contribution in [0.3, 0.4) is 0 Å². The van der Waals surface area contributed by atoms with E-state index < -0.39 is 0 Å². The van der Waals surface area contributed by atoms with Gasteiger partial charge in [-0.1, -0.05) is 12.1 Å². The van der Waals surface area contributed by atoms with Gasteiger partial charge in [-0.3, -0.25) is 5.43 Å². The summed E-state index contributed by atoms with van der Waals surface area (Å²) in [6, 6.07) is 12.3. The fourth-order valence-corrected chi connectivity index (χ4v) is 3.27. The van der Waals surface area contributed by atoms with Crippen LogP contribution in [0.4, 0.5) is 11.6 Å². The van der Waals surface area contributed by atoms with Crippen LogP contribution in [-0.4, -0.2) is 53.1 Å². The molecule has 2 heterocycles. The van der Waals surface area contributed by atoms with Gasteiger partial charge in [0.2, 0.25) is 5.95 Å². The number of aryl methyl sites for hydroxylation is 1. The molecule has 1 saturated heterocycles. The molecule has 2 aromatic carbocycles. The molecule has 1 aliphatic rings. The molecule has 0 aliphatic carbocycles. The number of nitrogen functional groups attached to an aromatic ring is 1. The lowest BCUT2D eigenvalue weighted by atomic mass is 9.99. The van der Waals surface area contributed by atoms with Gasteiger partial charge >= 0.3 is 0 Å². The summed E-state index contributed by atoms with van der Waals surface area (Å²) in [7, 11) is 2.14. The largest absolute Gasteiger partial charge is 0.399 e. The first-order valence-corrected chi connectivity index (χ1v) is 8.92. The number of benzene rings is 2. The Labute approximate surface area is 153 Å². The van der Waals surface area contributed by atoms with E-state index in [1.54, 1.807) is 0 Å². The van der Waals surface area contributed by atoms with Crippen LogP contribution in [0, 0.1) is 6.92 Å². The number of nitrogens with zero attached hydrogens (tertiary/aromatic N) is 4. The molecule has 0 amide bonds. The van der Waals surface area contributed by atoms with Gasteiger partial charge in [0.05, 0.1) is 5.52 Å². The van der Waals surface area contributed by atoms with E-state index in [9.17, 15) is 0 Å². The second-order valence-electron chi connectivity index (χ2n) is 6.94. The molecule has 0 spiro atoms. The van der Waals surface area contributed by atoms with Gasteiger partial charge in [0.1, 0.15) is 0 Å². The number of nitrogens with one attached hydrogen (secondary N) is 1. The summed E-state index contributed by atoms with van der Waals surface area (Å²) in [4.78, 5) is 11.5. The molecule has 4 rings (SSSR count). The third-order valence-electron chi connectivity index (χ3n) is 4.91. The molecule has 1 aromatic heterocycles. The third kappa shape index (κ3) is 3.47. The van der Waals surface area contributed by atoms with Gasteiger partial charge in [-0.15, -0.1) is 0 Å². The summed E-state index contributed by atoms with van der Waals surface area (Å²) in [5, 5.41) is 3.19. The minimum Gasteiger partial charge on any atom is -0.399 e.